The average molecular weight is 591 g/mol. The molecule has 0 fully saturated rings. The fourth-order valence-corrected chi connectivity index (χ4v) is 4.53. The van der Waals surface area contributed by atoms with Gasteiger partial charge in [-0.2, -0.15) is 0 Å². The number of rotatable bonds is 9. The minimum absolute atomic E-state index is 0.220. The molecule has 0 radical (unpaired) electrons. The molecular formula is C31H34N4O8. The normalized spacial score (nSPS) is 11.6. The lowest BCUT2D eigenvalue weighted by Crippen LogP contribution is -2.32. The van der Waals surface area contributed by atoms with E-state index in [1.54, 1.807) is 24.5 Å². The largest absolute Gasteiger partial charge is 0.533 e. The van der Waals surface area contributed by atoms with Gasteiger partial charge in [0.25, 0.3) is 0 Å². The zero-order valence-electron chi connectivity index (χ0n) is 24.8. The highest BCUT2D eigenvalue weighted by molar-refractivity contribution is 5.79. The molecule has 0 aliphatic carbocycles. The molecule has 0 atom stereocenters. The van der Waals surface area contributed by atoms with Crippen molar-refractivity contribution < 1.29 is 38.7 Å². The van der Waals surface area contributed by atoms with Crippen LogP contribution in [0.5, 0.6) is 5.88 Å². The predicted octanol–water partition coefficient (Wildman–Crippen LogP) is 6.92. The van der Waals surface area contributed by atoms with Crippen LogP contribution in [0.25, 0.3) is 11.3 Å². The molecule has 0 amide bonds. The van der Waals surface area contributed by atoms with Crippen LogP contribution in [0.1, 0.15) is 69.5 Å². The van der Waals surface area contributed by atoms with E-state index in [0.717, 1.165) is 22.3 Å². The molecule has 12 heteroatoms. The summed E-state index contributed by atoms with van der Waals surface area (Å²) >= 11 is 0. The minimum Gasteiger partial charge on any atom is -0.473 e. The molecule has 43 heavy (non-hydrogen) atoms. The number of benzene rings is 1. The molecule has 3 aromatic heterocycles. The van der Waals surface area contributed by atoms with E-state index in [1.165, 1.54) is 0 Å². The van der Waals surface area contributed by atoms with Crippen LogP contribution in [0.4, 0.5) is 15.4 Å². The Morgan fingerprint density at radius 2 is 1.53 bits per heavy atom. The van der Waals surface area contributed by atoms with Crippen LogP contribution in [0, 0.1) is 0 Å². The van der Waals surface area contributed by atoms with Crippen molar-refractivity contribution in [3.63, 3.8) is 0 Å². The van der Waals surface area contributed by atoms with Gasteiger partial charge in [-0.15, -0.1) is 0 Å². The number of aromatic nitrogens is 3. The maximum Gasteiger partial charge on any atom is 0.533 e. The van der Waals surface area contributed by atoms with Gasteiger partial charge in [-0.1, -0.05) is 77.0 Å². The molecule has 226 valence electrons. The fourth-order valence-electron chi connectivity index (χ4n) is 4.53. The van der Waals surface area contributed by atoms with Gasteiger partial charge in [0, 0.05) is 36.2 Å². The van der Waals surface area contributed by atoms with Gasteiger partial charge in [0.05, 0.1) is 11.3 Å². The third-order valence-corrected chi connectivity index (χ3v) is 6.35. The van der Waals surface area contributed by atoms with Crippen molar-refractivity contribution in [1.82, 2.24) is 15.1 Å². The number of carbonyl (C=O) groups is 2. The monoisotopic (exact) mass is 590 g/mol. The molecule has 0 aliphatic rings. The molecule has 0 saturated carbocycles. The lowest BCUT2D eigenvalue weighted by Gasteiger charge is -2.33. The quantitative estimate of drug-likeness (QED) is 0.194. The second-order valence-electron chi connectivity index (χ2n) is 11.8. The van der Waals surface area contributed by atoms with Crippen LogP contribution < -0.4 is 9.96 Å². The standard InChI is InChI=1S/C31H34N4O8/c1-30(2,3)22-17-33-27(35(42-28(36)37)43-29(38)39)25(26(22)31(4,5)6)23-16-21(34-41-23)15-19-10-12-20(13-11-19)18-40-24-9-7-8-14-32-24/h7-14,16-17H,15,18H2,1-6H3,(H,36,37)(H,38,39). The number of ether oxygens (including phenoxy) is 1. The zero-order chi connectivity index (χ0) is 31.4. The first-order valence-electron chi connectivity index (χ1n) is 13.5. The van der Waals surface area contributed by atoms with Crippen LogP contribution in [0.15, 0.2) is 65.4 Å². The summed E-state index contributed by atoms with van der Waals surface area (Å²) in [7, 11) is 0. The van der Waals surface area contributed by atoms with Crippen molar-refractivity contribution in [2.45, 2.75) is 65.4 Å². The van der Waals surface area contributed by atoms with E-state index in [1.807, 2.05) is 77.9 Å². The van der Waals surface area contributed by atoms with Crippen LogP contribution in [0.3, 0.4) is 0 Å². The number of hydrogen-bond acceptors (Lipinski definition) is 10. The number of hydrogen-bond donors (Lipinski definition) is 2. The van der Waals surface area contributed by atoms with Gasteiger partial charge in [0.1, 0.15) is 6.61 Å². The Morgan fingerprint density at radius 3 is 2.09 bits per heavy atom. The van der Waals surface area contributed by atoms with Gasteiger partial charge in [-0.05, 0) is 39.2 Å². The van der Waals surface area contributed by atoms with Gasteiger partial charge in [-0.25, -0.2) is 19.6 Å². The predicted molar refractivity (Wildman–Crippen MR) is 156 cm³/mol. The highest BCUT2D eigenvalue weighted by Gasteiger charge is 2.36. The van der Waals surface area contributed by atoms with Gasteiger partial charge in [0.2, 0.25) is 11.7 Å². The van der Waals surface area contributed by atoms with E-state index in [-0.39, 0.29) is 22.2 Å². The molecule has 0 aliphatic heterocycles. The first-order chi connectivity index (χ1) is 20.2. The summed E-state index contributed by atoms with van der Waals surface area (Å²) in [4.78, 5) is 40.8. The van der Waals surface area contributed by atoms with Gasteiger partial charge in [-0.3, -0.25) is 9.68 Å². The van der Waals surface area contributed by atoms with Crippen LogP contribution in [-0.2, 0) is 33.5 Å². The van der Waals surface area contributed by atoms with E-state index in [2.05, 4.69) is 24.8 Å². The molecule has 12 nitrogen and oxygen atoms in total. The third kappa shape index (κ3) is 7.79. The Hall–Kier alpha value is -5.13. The van der Waals surface area contributed by atoms with E-state index in [4.69, 9.17) is 9.26 Å². The summed E-state index contributed by atoms with van der Waals surface area (Å²) in [6.45, 7) is 12.3. The third-order valence-electron chi connectivity index (χ3n) is 6.35. The highest BCUT2D eigenvalue weighted by Crippen LogP contribution is 2.44. The maximum atomic E-state index is 11.5. The molecule has 0 bridgehead atoms. The topological polar surface area (TPSA) is 157 Å². The summed E-state index contributed by atoms with van der Waals surface area (Å²) in [5.41, 5.74) is 3.46. The van der Waals surface area contributed by atoms with Crippen LogP contribution in [0.2, 0.25) is 0 Å². The van der Waals surface area contributed by atoms with Crippen molar-refractivity contribution in [2.75, 3.05) is 5.23 Å². The van der Waals surface area contributed by atoms with E-state index >= 15 is 0 Å². The average Bonchev–Trinajstić information content (AvgIpc) is 3.38. The smallest absolute Gasteiger partial charge is 0.473 e. The molecule has 0 spiro atoms. The van der Waals surface area contributed by atoms with Crippen molar-refractivity contribution in [1.29, 1.82) is 0 Å². The van der Waals surface area contributed by atoms with Crippen molar-refractivity contribution in [3.8, 4) is 17.2 Å². The van der Waals surface area contributed by atoms with E-state index in [0.29, 0.717) is 30.2 Å². The molecule has 0 saturated heterocycles. The Balaban J connectivity index is 1.71. The first-order valence-corrected chi connectivity index (χ1v) is 13.5. The fraction of sp³-hybridized carbons (Fsp3) is 0.323. The Bertz CT molecular complexity index is 1560. The van der Waals surface area contributed by atoms with Crippen molar-refractivity contribution in [3.05, 3.63) is 88.9 Å². The van der Waals surface area contributed by atoms with Gasteiger partial charge >= 0.3 is 12.3 Å². The molecule has 3 heterocycles. The van der Waals surface area contributed by atoms with Gasteiger partial charge in [0.15, 0.2) is 5.76 Å². The molecule has 0 unspecified atom stereocenters. The lowest BCUT2D eigenvalue weighted by molar-refractivity contribution is -0.0465. The molecule has 4 rings (SSSR count). The van der Waals surface area contributed by atoms with Crippen molar-refractivity contribution in [2.24, 2.45) is 0 Å². The Morgan fingerprint density at radius 1 is 0.884 bits per heavy atom. The number of carboxylic acid groups (broad SMARTS) is 2. The molecule has 4 aromatic rings. The number of anilines is 1. The second-order valence-corrected chi connectivity index (χ2v) is 11.8. The summed E-state index contributed by atoms with van der Waals surface area (Å²) in [6.07, 6.45) is 0.0674. The molecule has 2 N–H and O–H groups in total. The Labute approximate surface area is 248 Å². The first kappa shape index (κ1) is 30.8. The zero-order valence-corrected chi connectivity index (χ0v) is 24.8. The van der Waals surface area contributed by atoms with Gasteiger partial charge < -0.3 is 19.5 Å². The maximum absolute atomic E-state index is 11.5. The van der Waals surface area contributed by atoms with Crippen LogP contribution >= 0.6 is 0 Å². The minimum atomic E-state index is -1.79. The molecule has 1 aromatic carbocycles. The number of pyridine rings is 2. The van der Waals surface area contributed by atoms with Crippen molar-refractivity contribution >= 4 is 18.1 Å². The summed E-state index contributed by atoms with van der Waals surface area (Å²) < 4.78 is 11.5. The summed E-state index contributed by atoms with van der Waals surface area (Å²) in [5, 5.41) is 23.1. The highest BCUT2D eigenvalue weighted by atomic mass is 17.0. The number of nitrogens with zero attached hydrogens (tertiary/aromatic N) is 4. The lowest BCUT2D eigenvalue weighted by atomic mass is 9.73. The Kier molecular flexibility index (Phi) is 8.88. The second kappa shape index (κ2) is 12.4. The van der Waals surface area contributed by atoms with Crippen LogP contribution in [-0.4, -0.2) is 37.6 Å². The SMILES string of the molecule is CC(C)(C)c1cnc(N(OC(=O)O)OC(=O)O)c(-c2cc(Cc3ccc(COc4ccccn4)cc3)no2)c1C(C)(C)C. The summed E-state index contributed by atoms with van der Waals surface area (Å²) in [5.74, 6) is 0.561. The van der Waals surface area contributed by atoms with E-state index in [9.17, 15) is 19.8 Å². The molecular weight excluding hydrogens is 556 g/mol. The van der Waals surface area contributed by atoms with E-state index < -0.39 is 17.7 Å². The summed E-state index contributed by atoms with van der Waals surface area (Å²) in [6, 6.07) is 15.0.